The molecule has 0 bridgehead atoms. The molecule has 2 heterocycles. The third-order valence-electron chi connectivity index (χ3n) is 3.62. The van der Waals surface area contributed by atoms with Crippen LogP contribution in [0.5, 0.6) is 0 Å². The Hall–Kier alpha value is -2.68. The molecule has 0 unspecified atom stereocenters. The first-order valence-electron chi connectivity index (χ1n) is 7.31. The molecule has 0 aliphatic heterocycles. The Kier molecular flexibility index (Phi) is 4.84. The van der Waals surface area contributed by atoms with E-state index in [0.29, 0.717) is 10.0 Å². The normalized spacial score (nSPS) is 12.2. The zero-order valence-corrected chi connectivity index (χ0v) is 13.9. The summed E-state index contributed by atoms with van der Waals surface area (Å²) in [5, 5.41) is 3.01. The number of nitrogens with one attached hydrogen (secondary N) is 1. The van der Waals surface area contributed by atoms with E-state index in [9.17, 15) is 18.0 Å². The Labute approximate surface area is 145 Å². The highest BCUT2D eigenvalue weighted by Gasteiger charge is 2.17. The van der Waals surface area contributed by atoms with Crippen LogP contribution in [0.3, 0.4) is 0 Å². The van der Waals surface area contributed by atoms with E-state index >= 15 is 0 Å². The number of amides is 1. The fraction of sp³-hybridized carbons (Fsp3) is 0.188. The fourth-order valence-electron chi connectivity index (χ4n) is 2.18. The van der Waals surface area contributed by atoms with Crippen LogP contribution in [0.4, 0.5) is 18.3 Å². The first-order chi connectivity index (χ1) is 12.0. The van der Waals surface area contributed by atoms with E-state index in [2.05, 4.69) is 15.3 Å². The van der Waals surface area contributed by atoms with Crippen LogP contribution in [0, 0.1) is 17.5 Å². The topological polar surface area (TPSA) is 59.8 Å². The lowest BCUT2D eigenvalue weighted by molar-refractivity contribution is -0.118. The summed E-state index contributed by atoms with van der Waals surface area (Å²) in [6.07, 6.45) is 6.28. The summed E-state index contributed by atoms with van der Waals surface area (Å²) >= 11 is 1.14. The van der Waals surface area contributed by atoms with Gasteiger partial charge in [-0.05, 0) is 18.6 Å². The number of benzene rings is 1. The monoisotopic (exact) mass is 366 g/mol. The molecule has 0 fully saturated rings. The van der Waals surface area contributed by atoms with Crippen LogP contribution in [-0.4, -0.2) is 20.4 Å². The highest BCUT2D eigenvalue weighted by molar-refractivity contribution is 7.15. The zero-order valence-electron chi connectivity index (χ0n) is 13.0. The van der Waals surface area contributed by atoms with E-state index in [4.69, 9.17) is 0 Å². The Morgan fingerprint density at radius 1 is 1.32 bits per heavy atom. The van der Waals surface area contributed by atoms with E-state index in [1.54, 1.807) is 23.9 Å². The van der Waals surface area contributed by atoms with Gasteiger partial charge in [0, 0.05) is 29.9 Å². The van der Waals surface area contributed by atoms with Crippen molar-refractivity contribution in [1.29, 1.82) is 0 Å². The number of rotatable bonds is 5. The van der Waals surface area contributed by atoms with Crippen LogP contribution in [-0.2, 0) is 11.2 Å². The van der Waals surface area contributed by atoms with Crippen molar-refractivity contribution in [3.8, 4) is 0 Å². The van der Waals surface area contributed by atoms with Gasteiger partial charge >= 0.3 is 0 Å². The Morgan fingerprint density at radius 2 is 2.12 bits per heavy atom. The molecular weight excluding hydrogens is 353 g/mol. The summed E-state index contributed by atoms with van der Waals surface area (Å²) in [5.74, 6) is -4.22. The Balaban J connectivity index is 1.69. The van der Waals surface area contributed by atoms with Gasteiger partial charge in [0.2, 0.25) is 5.91 Å². The van der Waals surface area contributed by atoms with Gasteiger partial charge in [-0.1, -0.05) is 6.07 Å². The van der Waals surface area contributed by atoms with Gasteiger partial charge in [-0.3, -0.25) is 4.79 Å². The molecular formula is C16H13F3N4OS. The van der Waals surface area contributed by atoms with Gasteiger partial charge in [-0.2, -0.15) is 0 Å². The van der Waals surface area contributed by atoms with Crippen molar-refractivity contribution in [3.63, 3.8) is 0 Å². The van der Waals surface area contributed by atoms with Crippen molar-refractivity contribution in [2.24, 2.45) is 0 Å². The third-order valence-corrected chi connectivity index (χ3v) is 4.53. The van der Waals surface area contributed by atoms with Crippen LogP contribution >= 0.6 is 11.3 Å². The van der Waals surface area contributed by atoms with E-state index in [1.807, 2.05) is 0 Å². The first kappa shape index (κ1) is 17.2. The molecule has 0 saturated carbocycles. The quantitative estimate of drug-likeness (QED) is 0.703. The maximum atomic E-state index is 13.7. The van der Waals surface area contributed by atoms with E-state index < -0.39 is 23.5 Å². The number of carbonyl (C=O) groups is 1. The summed E-state index contributed by atoms with van der Waals surface area (Å²) in [6, 6.07) is 1.59. The van der Waals surface area contributed by atoms with Crippen molar-refractivity contribution in [2.75, 3.05) is 5.32 Å². The predicted octanol–water partition coefficient (Wildman–Crippen LogP) is 3.55. The second kappa shape index (κ2) is 7.06. The van der Waals surface area contributed by atoms with Gasteiger partial charge in [0.15, 0.2) is 22.6 Å². The average Bonchev–Trinajstić information content (AvgIpc) is 3.27. The molecule has 1 amide bonds. The molecule has 130 valence electrons. The molecule has 1 N–H and O–H groups in total. The average molecular weight is 366 g/mol. The molecule has 1 atom stereocenters. The van der Waals surface area contributed by atoms with Gasteiger partial charge in [-0.25, -0.2) is 23.1 Å². The molecule has 0 aliphatic rings. The second-order valence-corrected chi connectivity index (χ2v) is 6.43. The highest BCUT2D eigenvalue weighted by atomic mass is 32.1. The minimum Gasteiger partial charge on any atom is -0.325 e. The largest absolute Gasteiger partial charge is 0.325 e. The summed E-state index contributed by atoms with van der Waals surface area (Å²) in [5.41, 5.74) is 0.0206. The molecule has 1 aromatic carbocycles. The second-order valence-electron chi connectivity index (χ2n) is 5.32. The molecule has 0 saturated heterocycles. The SMILES string of the molecule is C[C@H](C(=O)Nc1ncc(Cc2ccc(F)c(F)c2F)s1)n1ccnc1. The van der Waals surface area contributed by atoms with Crippen LogP contribution in [0.15, 0.2) is 37.1 Å². The van der Waals surface area contributed by atoms with Gasteiger partial charge in [0.25, 0.3) is 0 Å². The smallest absolute Gasteiger partial charge is 0.248 e. The first-order valence-corrected chi connectivity index (χ1v) is 8.12. The number of nitrogens with zero attached hydrogens (tertiary/aromatic N) is 3. The number of hydrogen-bond acceptors (Lipinski definition) is 4. The maximum absolute atomic E-state index is 13.7. The van der Waals surface area contributed by atoms with Gasteiger partial charge in [0.1, 0.15) is 6.04 Å². The van der Waals surface area contributed by atoms with Gasteiger partial charge < -0.3 is 9.88 Å². The number of halogens is 3. The van der Waals surface area contributed by atoms with Crippen LogP contribution in [0.25, 0.3) is 0 Å². The highest BCUT2D eigenvalue weighted by Crippen LogP contribution is 2.24. The lowest BCUT2D eigenvalue weighted by Crippen LogP contribution is -2.22. The lowest BCUT2D eigenvalue weighted by Gasteiger charge is -2.11. The summed E-state index contributed by atoms with van der Waals surface area (Å²) < 4.78 is 41.6. The van der Waals surface area contributed by atoms with Crippen molar-refractivity contribution < 1.29 is 18.0 Å². The van der Waals surface area contributed by atoms with Crippen LogP contribution in [0.1, 0.15) is 23.4 Å². The molecule has 2 aromatic heterocycles. The fourth-order valence-corrected chi connectivity index (χ4v) is 3.02. The zero-order chi connectivity index (χ0) is 18.0. The molecule has 9 heteroatoms. The number of hydrogen-bond donors (Lipinski definition) is 1. The Bertz CT molecular complexity index is 895. The number of imidazole rings is 1. The molecule has 0 spiro atoms. The maximum Gasteiger partial charge on any atom is 0.248 e. The number of anilines is 1. The lowest BCUT2D eigenvalue weighted by atomic mass is 10.1. The van der Waals surface area contributed by atoms with Crippen LogP contribution in [0.2, 0.25) is 0 Å². The van der Waals surface area contributed by atoms with Crippen molar-refractivity contribution in [1.82, 2.24) is 14.5 Å². The predicted molar refractivity (Wildman–Crippen MR) is 86.8 cm³/mol. The van der Waals surface area contributed by atoms with E-state index in [-0.39, 0.29) is 17.9 Å². The molecule has 3 rings (SSSR count). The Morgan fingerprint density at radius 3 is 2.84 bits per heavy atom. The summed E-state index contributed by atoms with van der Waals surface area (Å²) in [6.45, 7) is 1.71. The molecule has 0 radical (unpaired) electrons. The van der Waals surface area contributed by atoms with E-state index in [1.165, 1.54) is 18.6 Å². The third kappa shape index (κ3) is 3.71. The standard InChI is InChI=1S/C16H13F3N4OS/c1-9(23-5-4-20-8-23)15(24)22-16-21-7-11(25-16)6-10-2-3-12(17)14(19)13(10)18/h2-5,7-9H,6H2,1H3,(H,21,22,24)/t9-/m1/s1. The summed E-state index contributed by atoms with van der Waals surface area (Å²) in [4.78, 5) is 20.7. The van der Waals surface area contributed by atoms with Crippen molar-refractivity contribution in [3.05, 3.63) is 64.9 Å². The number of thiazole rings is 1. The number of carbonyl (C=O) groups excluding carboxylic acids is 1. The van der Waals surface area contributed by atoms with Gasteiger partial charge in [-0.15, -0.1) is 11.3 Å². The van der Waals surface area contributed by atoms with E-state index in [0.717, 1.165) is 17.4 Å². The molecule has 3 aromatic rings. The van der Waals surface area contributed by atoms with Gasteiger partial charge in [0.05, 0.1) is 6.33 Å². The molecule has 0 aliphatic carbocycles. The van der Waals surface area contributed by atoms with Crippen molar-refractivity contribution in [2.45, 2.75) is 19.4 Å². The van der Waals surface area contributed by atoms with Crippen LogP contribution < -0.4 is 5.32 Å². The summed E-state index contributed by atoms with van der Waals surface area (Å²) in [7, 11) is 0. The molecule has 5 nitrogen and oxygen atoms in total. The molecule has 25 heavy (non-hydrogen) atoms. The number of aromatic nitrogens is 3. The minimum atomic E-state index is -1.50. The minimum absolute atomic E-state index is 0.0206. The van der Waals surface area contributed by atoms with Crippen molar-refractivity contribution >= 4 is 22.4 Å².